The van der Waals surface area contributed by atoms with E-state index in [9.17, 15) is 18.0 Å². The molecule has 2 amide bonds. The zero-order valence-corrected chi connectivity index (χ0v) is 23.0. The van der Waals surface area contributed by atoms with Crippen LogP contribution >= 0.6 is 23.2 Å². The minimum Gasteiger partial charge on any atom is -0.352 e. The van der Waals surface area contributed by atoms with Gasteiger partial charge in [-0.3, -0.25) is 13.9 Å². The van der Waals surface area contributed by atoms with Crippen molar-refractivity contribution in [2.75, 3.05) is 17.1 Å². The second-order valence-electron chi connectivity index (χ2n) is 8.56. The minimum atomic E-state index is -3.85. The average molecular weight is 543 g/mol. The van der Waals surface area contributed by atoms with Gasteiger partial charge >= 0.3 is 0 Å². The summed E-state index contributed by atoms with van der Waals surface area (Å²) in [4.78, 5) is 28.3. The van der Waals surface area contributed by atoms with Gasteiger partial charge in [-0.1, -0.05) is 61.3 Å². The molecule has 7 nitrogen and oxygen atoms in total. The Morgan fingerprint density at radius 3 is 2.23 bits per heavy atom. The van der Waals surface area contributed by atoms with E-state index >= 15 is 0 Å². The topological polar surface area (TPSA) is 86.8 Å². The fourth-order valence-electron chi connectivity index (χ4n) is 3.59. The van der Waals surface area contributed by atoms with Crippen LogP contribution in [-0.2, 0) is 26.2 Å². The number of aryl methyl sites for hydroxylation is 1. The number of hydrogen-bond acceptors (Lipinski definition) is 4. The maximum Gasteiger partial charge on any atom is 0.244 e. The van der Waals surface area contributed by atoms with Gasteiger partial charge in [0.25, 0.3) is 0 Å². The number of carbonyl (C=O) groups is 2. The lowest BCUT2D eigenvalue weighted by molar-refractivity contribution is -0.140. The molecule has 10 heteroatoms. The quantitative estimate of drug-likeness (QED) is 0.443. The summed E-state index contributed by atoms with van der Waals surface area (Å²) in [6.07, 6.45) is 2.13. The van der Waals surface area contributed by atoms with Gasteiger partial charge < -0.3 is 10.2 Å². The highest BCUT2D eigenvalue weighted by Crippen LogP contribution is 2.28. The number of halogens is 2. The van der Waals surface area contributed by atoms with Gasteiger partial charge in [0.2, 0.25) is 21.8 Å². The van der Waals surface area contributed by atoms with E-state index in [1.54, 1.807) is 0 Å². The van der Waals surface area contributed by atoms with Crippen LogP contribution < -0.4 is 9.62 Å². The predicted molar refractivity (Wildman–Crippen MR) is 142 cm³/mol. The van der Waals surface area contributed by atoms with Crippen LogP contribution in [-0.4, -0.2) is 50.0 Å². The number of nitrogens with one attached hydrogen (secondary N) is 1. The van der Waals surface area contributed by atoms with Crippen molar-refractivity contribution in [1.29, 1.82) is 0 Å². The Hall–Kier alpha value is -2.29. The van der Waals surface area contributed by atoms with Gasteiger partial charge in [0.05, 0.1) is 22.0 Å². The molecule has 0 spiro atoms. The predicted octanol–water partition coefficient (Wildman–Crippen LogP) is 4.79. The number of amides is 2. The third-order valence-corrected chi connectivity index (χ3v) is 7.74. The van der Waals surface area contributed by atoms with Gasteiger partial charge in [0.15, 0.2) is 0 Å². The third-order valence-electron chi connectivity index (χ3n) is 5.86. The molecule has 2 atom stereocenters. The van der Waals surface area contributed by atoms with Gasteiger partial charge in [0, 0.05) is 12.6 Å². The third kappa shape index (κ3) is 7.85. The van der Waals surface area contributed by atoms with E-state index in [2.05, 4.69) is 5.32 Å². The molecule has 0 saturated heterocycles. The Morgan fingerprint density at radius 2 is 1.69 bits per heavy atom. The maximum absolute atomic E-state index is 13.7. The number of carbonyl (C=O) groups excluding carboxylic acids is 2. The average Bonchev–Trinajstić information content (AvgIpc) is 2.79. The van der Waals surface area contributed by atoms with Gasteiger partial charge in [-0.2, -0.15) is 0 Å². The second kappa shape index (κ2) is 12.6. The van der Waals surface area contributed by atoms with Crippen molar-refractivity contribution in [1.82, 2.24) is 10.2 Å². The first-order chi connectivity index (χ1) is 16.4. The molecule has 2 rings (SSSR count). The Kier molecular flexibility index (Phi) is 10.4. The highest BCUT2D eigenvalue weighted by Gasteiger charge is 2.32. The van der Waals surface area contributed by atoms with Gasteiger partial charge in [-0.05, 0) is 56.0 Å². The molecule has 1 N–H and O–H groups in total. The van der Waals surface area contributed by atoms with Crippen molar-refractivity contribution in [3.63, 3.8) is 0 Å². The van der Waals surface area contributed by atoms with E-state index in [4.69, 9.17) is 23.2 Å². The summed E-state index contributed by atoms with van der Waals surface area (Å²) in [7, 11) is -3.85. The van der Waals surface area contributed by atoms with Crippen LogP contribution in [0, 0.1) is 6.92 Å². The van der Waals surface area contributed by atoms with Crippen molar-refractivity contribution in [3.05, 3.63) is 63.6 Å². The zero-order chi connectivity index (χ0) is 26.3. The Labute approximate surface area is 218 Å². The summed E-state index contributed by atoms with van der Waals surface area (Å²) in [5.74, 6) is -0.778. The van der Waals surface area contributed by atoms with Crippen LogP contribution in [0.5, 0.6) is 0 Å². The lowest BCUT2D eigenvalue weighted by Gasteiger charge is -2.33. The molecule has 2 aromatic carbocycles. The molecule has 0 heterocycles. The van der Waals surface area contributed by atoms with E-state index < -0.39 is 28.5 Å². The molecule has 192 valence electrons. The van der Waals surface area contributed by atoms with Crippen molar-refractivity contribution < 1.29 is 18.0 Å². The molecule has 0 saturated carbocycles. The Balaban J connectivity index is 2.47. The van der Waals surface area contributed by atoms with E-state index in [0.717, 1.165) is 28.1 Å². The van der Waals surface area contributed by atoms with Gasteiger partial charge in [-0.15, -0.1) is 0 Å². The second-order valence-corrected chi connectivity index (χ2v) is 11.3. The monoisotopic (exact) mass is 541 g/mol. The van der Waals surface area contributed by atoms with Gasteiger partial charge in [0.1, 0.15) is 12.6 Å². The summed E-state index contributed by atoms with van der Waals surface area (Å²) >= 11 is 12.1. The maximum atomic E-state index is 13.7. The molecule has 0 aliphatic rings. The molecule has 35 heavy (non-hydrogen) atoms. The zero-order valence-electron chi connectivity index (χ0n) is 20.7. The molecule has 0 aromatic heterocycles. The molecule has 2 aromatic rings. The molecule has 0 fully saturated rings. The molecule has 0 aliphatic carbocycles. The summed E-state index contributed by atoms with van der Waals surface area (Å²) < 4.78 is 26.3. The number of sulfonamides is 1. The first-order valence-corrected chi connectivity index (χ1v) is 14.1. The van der Waals surface area contributed by atoms with Crippen molar-refractivity contribution in [2.45, 2.75) is 59.2 Å². The fourth-order valence-corrected chi connectivity index (χ4v) is 4.72. The van der Waals surface area contributed by atoms with Crippen LogP contribution in [0.1, 0.15) is 44.7 Å². The van der Waals surface area contributed by atoms with Crippen molar-refractivity contribution >= 4 is 50.7 Å². The molecule has 0 aliphatic heterocycles. The number of hydrogen-bond donors (Lipinski definition) is 1. The highest BCUT2D eigenvalue weighted by atomic mass is 35.5. The normalized spacial score (nSPS) is 13.1. The van der Waals surface area contributed by atoms with Crippen LogP contribution in [0.25, 0.3) is 0 Å². The van der Waals surface area contributed by atoms with E-state index in [1.165, 1.54) is 23.1 Å². The summed E-state index contributed by atoms with van der Waals surface area (Å²) in [5, 5.41) is 3.38. The van der Waals surface area contributed by atoms with Crippen LogP contribution in [0.2, 0.25) is 10.0 Å². The smallest absolute Gasteiger partial charge is 0.244 e. The fraction of sp³-hybridized carbons (Fsp3) is 0.440. The first-order valence-electron chi connectivity index (χ1n) is 11.5. The highest BCUT2D eigenvalue weighted by molar-refractivity contribution is 7.92. The molecule has 0 radical (unpaired) electrons. The van der Waals surface area contributed by atoms with Crippen molar-refractivity contribution in [2.24, 2.45) is 0 Å². The van der Waals surface area contributed by atoms with Crippen LogP contribution in [0.4, 0.5) is 5.69 Å². The summed E-state index contributed by atoms with van der Waals surface area (Å²) in [6.45, 7) is 7.28. The summed E-state index contributed by atoms with van der Waals surface area (Å²) in [6, 6.07) is 11.1. The van der Waals surface area contributed by atoms with E-state index in [0.29, 0.717) is 6.42 Å². The molecule has 0 unspecified atom stereocenters. The standard InChI is InChI=1S/C25H33Cl2N3O4S/c1-6-18(4)28-25(32)23(7-2)29(15-19-11-9-8-10-17(19)3)24(31)16-30(35(5,33)34)20-12-13-21(26)22(27)14-20/h8-14,18,23H,6-7,15-16H2,1-5H3,(H,28,32)/t18-,23-/m1/s1. The number of nitrogens with zero attached hydrogens (tertiary/aromatic N) is 2. The van der Waals surface area contributed by atoms with E-state index in [1.807, 2.05) is 52.0 Å². The van der Waals surface area contributed by atoms with Crippen LogP contribution in [0.15, 0.2) is 42.5 Å². The Bertz CT molecular complexity index is 1160. The van der Waals surface area contributed by atoms with E-state index in [-0.39, 0.29) is 34.2 Å². The lowest BCUT2D eigenvalue weighted by Crippen LogP contribution is -2.53. The Morgan fingerprint density at radius 1 is 1.03 bits per heavy atom. The SMILES string of the molecule is CC[C@@H](C)NC(=O)[C@@H](CC)N(Cc1ccccc1C)C(=O)CN(c1ccc(Cl)c(Cl)c1)S(C)(=O)=O. The lowest BCUT2D eigenvalue weighted by atomic mass is 10.1. The largest absolute Gasteiger partial charge is 0.352 e. The number of rotatable bonds is 11. The molecular weight excluding hydrogens is 509 g/mol. The molecule has 0 bridgehead atoms. The summed E-state index contributed by atoms with van der Waals surface area (Å²) in [5.41, 5.74) is 2.05. The van der Waals surface area contributed by atoms with Crippen molar-refractivity contribution in [3.8, 4) is 0 Å². The first kappa shape index (κ1) is 28.9. The number of anilines is 1. The molecular formula is C25H33Cl2N3O4S. The van der Waals surface area contributed by atoms with Crippen LogP contribution in [0.3, 0.4) is 0 Å². The number of benzene rings is 2. The van der Waals surface area contributed by atoms with Gasteiger partial charge in [-0.25, -0.2) is 8.42 Å². The minimum absolute atomic E-state index is 0.0595.